The quantitative estimate of drug-likeness (QED) is 0.373. The minimum Gasteiger partial charge on any atom is -0.497 e. The maximum absolute atomic E-state index is 13.4. The fourth-order valence-corrected chi connectivity index (χ4v) is 3.53. The molecule has 4 rings (SSSR count). The third kappa shape index (κ3) is 5.04. The zero-order valence-electron chi connectivity index (χ0n) is 19.6. The van der Waals surface area contributed by atoms with Gasteiger partial charge in [-0.3, -0.25) is 4.79 Å². The van der Waals surface area contributed by atoms with Gasteiger partial charge >= 0.3 is 0 Å². The van der Waals surface area contributed by atoms with Gasteiger partial charge in [0.15, 0.2) is 0 Å². The first-order valence-electron chi connectivity index (χ1n) is 10.9. The molecule has 1 N–H and O–H groups in total. The molecular formula is C27H27N3O4. The summed E-state index contributed by atoms with van der Waals surface area (Å²) in [6.07, 6.45) is 1.80. The molecule has 0 aliphatic heterocycles. The summed E-state index contributed by atoms with van der Waals surface area (Å²) in [5.74, 6) is 1.67. The highest BCUT2D eigenvalue weighted by Crippen LogP contribution is 2.35. The number of amides is 1. The van der Waals surface area contributed by atoms with Crippen LogP contribution in [0.4, 0.5) is 5.69 Å². The summed E-state index contributed by atoms with van der Waals surface area (Å²) in [5.41, 5.74) is 3.09. The Bertz CT molecular complexity index is 1270. The van der Waals surface area contributed by atoms with E-state index in [1.165, 1.54) is 0 Å². The van der Waals surface area contributed by atoms with Crippen molar-refractivity contribution in [2.45, 2.75) is 20.0 Å². The summed E-state index contributed by atoms with van der Waals surface area (Å²) in [6.45, 7) is 3.93. The molecule has 0 unspecified atom stereocenters. The van der Waals surface area contributed by atoms with Crippen LogP contribution in [0.15, 0.2) is 79.0 Å². The molecule has 0 aliphatic carbocycles. The van der Waals surface area contributed by atoms with Crippen LogP contribution in [0, 0.1) is 0 Å². The number of ether oxygens (including phenoxy) is 3. The fraction of sp³-hybridized carbons (Fsp3) is 0.185. The number of nitrogens with zero attached hydrogens (tertiary/aromatic N) is 2. The number of benzene rings is 3. The van der Waals surface area contributed by atoms with Crippen molar-refractivity contribution in [3.8, 4) is 34.2 Å². The van der Waals surface area contributed by atoms with Crippen LogP contribution >= 0.6 is 0 Å². The lowest BCUT2D eigenvalue weighted by Gasteiger charge is -2.11. The number of para-hydroxylation sites is 1. The lowest BCUT2D eigenvalue weighted by atomic mass is 10.1. The Kier molecular flexibility index (Phi) is 6.82. The van der Waals surface area contributed by atoms with E-state index in [9.17, 15) is 4.79 Å². The summed E-state index contributed by atoms with van der Waals surface area (Å²) >= 11 is 0. The smallest absolute Gasteiger partial charge is 0.259 e. The predicted octanol–water partition coefficient (Wildman–Crippen LogP) is 5.60. The lowest BCUT2D eigenvalue weighted by Crippen LogP contribution is -2.12. The summed E-state index contributed by atoms with van der Waals surface area (Å²) in [7, 11) is 3.17. The predicted molar refractivity (Wildman–Crippen MR) is 132 cm³/mol. The molecule has 1 heterocycles. The topological polar surface area (TPSA) is 74.6 Å². The molecule has 7 heteroatoms. The average Bonchev–Trinajstić information content (AvgIpc) is 3.30. The highest BCUT2D eigenvalue weighted by atomic mass is 16.5. The Morgan fingerprint density at radius 1 is 0.912 bits per heavy atom. The fourth-order valence-electron chi connectivity index (χ4n) is 3.53. The summed E-state index contributed by atoms with van der Waals surface area (Å²) in [6, 6.07) is 22.3. The number of anilines is 1. The Labute approximate surface area is 198 Å². The molecule has 0 saturated heterocycles. The molecule has 174 valence electrons. The maximum atomic E-state index is 13.4. The largest absolute Gasteiger partial charge is 0.497 e. The lowest BCUT2D eigenvalue weighted by molar-refractivity contribution is 0.102. The van der Waals surface area contributed by atoms with E-state index in [2.05, 4.69) is 5.32 Å². The molecule has 34 heavy (non-hydrogen) atoms. The SMILES string of the molecule is COc1ccc(-c2nn(-c3ccccc3)cc2C(=O)Nc2ccc(OC(C)C)cc2)c(OC)c1. The van der Waals surface area contributed by atoms with Crippen molar-refractivity contribution in [2.24, 2.45) is 0 Å². The van der Waals surface area contributed by atoms with E-state index in [4.69, 9.17) is 19.3 Å². The number of hydrogen-bond acceptors (Lipinski definition) is 5. The van der Waals surface area contributed by atoms with E-state index in [1.807, 2.05) is 80.6 Å². The maximum Gasteiger partial charge on any atom is 0.259 e. The zero-order chi connectivity index (χ0) is 24.1. The van der Waals surface area contributed by atoms with Crippen LogP contribution < -0.4 is 19.5 Å². The summed E-state index contributed by atoms with van der Waals surface area (Å²) in [5, 5.41) is 7.70. The molecule has 0 radical (unpaired) electrons. The number of aromatic nitrogens is 2. The van der Waals surface area contributed by atoms with E-state index >= 15 is 0 Å². The van der Waals surface area contributed by atoms with Crippen molar-refractivity contribution >= 4 is 11.6 Å². The first-order valence-corrected chi connectivity index (χ1v) is 10.9. The molecule has 0 spiro atoms. The van der Waals surface area contributed by atoms with Gasteiger partial charge in [-0.05, 0) is 62.4 Å². The molecule has 0 atom stereocenters. The highest BCUT2D eigenvalue weighted by molar-refractivity contribution is 6.08. The van der Waals surface area contributed by atoms with Crippen LogP contribution in [0.2, 0.25) is 0 Å². The molecule has 7 nitrogen and oxygen atoms in total. The molecule has 0 aliphatic rings. The van der Waals surface area contributed by atoms with Gasteiger partial charge in [-0.2, -0.15) is 5.10 Å². The first-order chi connectivity index (χ1) is 16.5. The second kappa shape index (κ2) is 10.1. The molecule has 4 aromatic rings. The summed E-state index contributed by atoms with van der Waals surface area (Å²) in [4.78, 5) is 13.4. The second-order valence-corrected chi connectivity index (χ2v) is 7.88. The van der Waals surface area contributed by atoms with E-state index < -0.39 is 0 Å². The van der Waals surface area contributed by atoms with Crippen LogP contribution in [-0.2, 0) is 0 Å². The number of carbonyl (C=O) groups excluding carboxylic acids is 1. The van der Waals surface area contributed by atoms with Crippen LogP contribution in [-0.4, -0.2) is 36.0 Å². The number of hydrogen-bond donors (Lipinski definition) is 1. The van der Waals surface area contributed by atoms with E-state index in [0.717, 1.165) is 11.4 Å². The monoisotopic (exact) mass is 457 g/mol. The van der Waals surface area contributed by atoms with Crippen molar-refractivity contribution in [2.75, 3.05) is 19.5 Å². The van der Waals surface area contributed by atoms with Crippen LogP contribution in [0.5, 0.6) is 17.2 Å². The Morgan fingerprint density at radius 3 is 2.26 bits per heavy atom. The van der Waals surface area contributed by atoms with Gasteiger partial charge in [-0.1, -0.05) is 18.2 Å². The molecule has 3 aromatic carbocycles. The number of nitrogens with one attached hydrogen (secondary N) is 1. The van der Waals surface area contributed by atoms with Gasteiger partial charge < -0.3 is 19.5 Å². The Balaban J connectivity index is 1.72. The number of carbonyl (C=O) groups is 1. The van der Waals surface area contributed by atoms with Crippen LogP contribution in [0.3, 0.4) is 0 Å². The van der Waals surface area contributed by atoms with Crippen LogP contribution in [0.25, 0.3) is 16.9 Å². The van der Waals surface area contributed by atoms with Crippen LogP contribution in [0.1, 0.15) is 24.2 Å². The van der Waals surface area contributed by atoms with Gasteiger partial charge in [-0.25, -0.2) is 4.68 Å². The van der Waals surface area contributed by atoms with Crippen molar-refractivity contribution in [1.29, 1.82) is 0 Å². The number of methoxy groups -OCH3 is 2. The summed E-state index contributed by atoms with van der Waals surface area (Å²) < 4.78 is 18.3. The van der Waals surface area contributed by atoms with Gasteiger partial charge in [-0.15, -0.1) is 0 Å². The Hall–Kier alpha value is -4.26. The second-order valence-electron chi connectivity index (χ2n) is 7.88. The molecule has 0 fully saturated rings. The first kappa shape index (κ1) is 22.9. The minimum absolute atomic E-state index is 0.0753. The molecule has 1 amide bonds. The number of rotatable bonds is 8. The van der Waals surface area contributed by atoms with Crippen molar-refractivity contribution in [3.05, 3.63) is 84.6 Å². The van der Waals surface area contributed by atoms with Gasteiger partial charge in [0.1, 0.15) is 22.9 Å². The van der Waals surface area contributed by atoms with E-state index in [1.54, 1.807) is 31.2 Å². The van der Waals surface area contributed by atoms with E-state index in [-0.39, 0.29) is 12.0 Å². The normalized spacial score (nSPS) is 10.7. The molecule has 1 aromatic heterocycles. The standard InChI is InChI=1S/C27H27N3O4/c1-18(2)34-21-12-10-19(11-13-21)28-27(31)24-17-30(20-8-6-5-7-9-20)29-26(24)23-15-14-22(32-3)16-25(23)33-4/h5-18H,1-4H3,(H,28,31). The zero-order valence-corrected chi connectivity index (χ0v) is 19.6. The van der Waals surface area contributed by atoms with Crippen molar-refractivity contribution < 1.29 is 19.0 Å². The van der Waals surface area contributed by atoms with Gasteiger partial charge in [0, 0.05) is 23.5 Å². The van der Waals surface area contributed by atoms with Crippen molar-refractivity contribution in [1.82, 2.24) is 9.78 Å². The minimum atomic E-state index is -0.285. The van der Waals surface area contributed by atoms with Crippen molar-refractivity contribution in [3.63, 3.8) is 0 Å². The Morgan fingerprint density at radius 2 is 1.62 bits per heavy atom. The highest BCUT2D eigenvalue weighted by Gasteiger charge is 2.22. The molecular weight excluding hydrogens is 430 g/mol. The van der Waals surface area contributed by atoms with E-state index in [0.29, 0.717) is 34.0 Å². The average molecular weight is 458 g/mol. The van der Waals surface area contributed by atoms with Gasteiger partial charge in [0.05, 0.1) is 31.6 Å². The third-order valence-corrected chi connectivity index (χ3v) is 5.13. The molecule has 0 bridgehead atoms. The van der Waals surface area contributed by atoms with Gasteiger partial charge in [0.25, 0.3) is 5.91 Å². The van der Waals surface area contributed by atoms with Gasteiger partial charge in [0.2, 0.25) is 0 Å². The molecule has 0 saturated carbocycles. The third-order valence-electron chi connectivity index (χ3n) is 5.13.